The third-order valence-corrected chi connectivity index (χ3v) is 6.07. The number of phenolic OH excluding ortho intramolecular Hbond substituents is 1. The highest BCUT2D eigenvalue weighted by Crippen LogP contribution is 2.51. The second-order valence-corrected chi connectivity index (χ2v) is 8.13. The number of rotatable bonds is 7. The topological polar surface area (TPSA) is 175 Å². The van der Waals surface area contributed by atoms with Gasteiger partial charge in [0.25, 0.3) is 0 Å². The summed E-state index contributed by atoms with van der Waals surface area (Å²) in [6.07, 6.45) is -7.35. The van der Waals surface area contributed by atoms with E-state index < -0.39 is 49.3 Å². The van der Waals surface area contributed by atoms with Crippen molar-refractivity contribution in [3.63, 3.8) is 0 Å². The van der Waals surface area contributed by atoms with Gasteiger partial charge in [-0.05, 0) is 29.8 Å². The summed E-state index contributed by atoms with van der Waals surface area (Å²) in [4.78, 5) is 11.2. The van der Waals surface area contributed by atoms with Crippen molar-refractivity contribution in [1.82, 2.24) is 0 Å². The number of carbonyl (C=O) groups is 1. The first-order valence-electron chi connectivity index (χ1n) is 10.6. The molecule has 0 saturated carbocycles. The Balaban J connectivity index is 1.60. The van der Waals surface area contributed by atoms with Crippen LogP contribution in [0.4, 0.5) is 0 Å². The molecule has 0 spiro atoms. The van der Waals surface area contributed by atoms with Gasteiger partial charge in [0.2, 0.25) is 6.29 Å². The zero-order valence-corrected chi connectivity index (χ0v) is 18.1. The van der Waals surface area contributed by atoms with Crippen molar-refractivity contribution in [2.24, 2.45) is 0 Å². The fraction of sp³-hybridized carbons (Fsp3) is 0.435. The molecule has 0 amide bonds. The van der Waals surface area contributed by atoms with Gasteiger partial charge in [-0.1, -0.05) is 6.07 Å². The minimum absolute atomic E-state index is 0.137. The number of carbonyl (C=O) groups excluding carboxylic acids is 1. The lowest BCUT2D eigenvalue weighted by Crippen LogP contribution is -2.60. The molecule has 0 bridgehead atoms. The Morgan fingerprint density at radius 2 is 1.76 bits per heavy atom. The number of aldehydes is 1. The standard InChI is InChI=1S/C23H26O11/c1-31-16-6-11(21-13(8-25)12-4-10(7-24)5-14(27)22(12)34-21)2-3-15(16)32-23-20(30)19(29)18(28)17(9-26)33-23/h2-7,13,17-21,23,25-30H,8-9H2,1H3/t13-,17-,18-,19+,20-,21+,23-/m1/s1. The lowest BCUT2D eigenvalue weighted by Gasteiger charge is -2.39. The number of hydrogen-bond acceptors (Lipinski definition) is 11. The average Bonchev–Trinajstić information content (AvgIpc) is 3.23. The predicted octanol–water partition coefficient (Wildman–Crippen LogP) is -0.398. The smallest absolute Gasteiger partial charge is 0.229 e. The van der Waals surface area contributed by atoms with E-state index in [1.54, 1.807) is 18.2 Å². The molecule has 0 radical (unpaired) electrons. The van der Waals surface area contributed by atoms with Gasteiger partial charge in [0.15, 0.2) is 23.0 Å². The second-order valence-electron chi connectivity index (χ2n) is 8.13. The van der Waals surface area contributed by atoms with Gasteiger partial charge in [-0.2, -0.15) is 0 Å². The Morgan fingerprint density at radius 1 is 1.00 bits per heavy atom. The van der Waals surface area contributed by atoms with E-state index in [1.807, 2.05) is 0 Å². The number of benzene rings is 2. The number of aliphatic hydroxyl groups excluding tert-OH is 5. The van der Waals surface area contributed by atoms with Crippen LogP contribution in [0, 0.1) is 0 Å². The van der Waals surface area contributed by atoms with Crippen LogP contribution >= 0.6 is 0 Å². The van der Waals surface area contributed by atoms with Crippen LogP contribution in [0.5, 0.6) is 23.0 Å². The second kappa shape index (κ2) is 9.74. The Bertz CT molecular complexity index is 1040. The first kappa shape index (κ1) is 24.2. The van der Waals surface area contributed by atoms with Crippen molar-refractivity contribution in [1.29, 1.82) is 0 Å². The monoisotopic (exact) mass is 478 g/mol. The van der Waals surface area contributed by atoms with E-state index >= 15 is 0 Å². The zero-order valence-electron chi connectivity index (χ0n) is 18.1. The Kier molecular flexibility index (Phi) is 6.94. The van der Waals surface area contributed by atoms with E-state index in [1.165, 1.54) is 19.2 Å². The molecule has 11 nitrogen and oxygen atoms in total. The molecule has 1 saturated heterocycles. The summed E-state index contributed by atoms with van der Waals surface area (Å²) in [6.45, 7) is -0.910. The van der Waals surface area contributed by atoms with Gasteiger partial charge in [-0.25, -0.2) is 0 Å². The summed E-state index contributed by atoms with van der Waals surface area (Å²) in [5, 5.41) is 59.7. The number of fused-ring (bicyclic) bond motifs is 1. The Morgan fingerprint density at radius 3 is 2.41 bits per heavy atom. The van der Waals surface area contributed by atoms with Gasteiger partial charge in [0.05, 0.1) is 26.2 Å². The van der Waals surface area contributed by atoms with Crippen LogP contribution in [0.2, 0.25) is 0 Å². The number of aromatic hydroxyl groups is 1. The van der Waals surface area contributed by atoms with E-state index in [4.69, 9.17) is 18.9 Å². The molecule has 7 atom stereocenters. The molecular weight excluding hydrogens is 452 g/mol. The van der Waals surface area contributed by atoms with Crippen molar-refractivity contribution in [2.45, 2.75) is 42.7 Å². The van der Waals surface area contributed by atoms with E-state index in [0.717, 1.165) is 0 Å². The Labute approximate surface area is 194 Å². The number of hydrogen-bond donors (Lipinski definition) is 6. The fourth-order valence-electron chi connectivity index (χ4n) is 4.24. The number of ether oxygens (including phenoxy) is 4. The molecule has 6 N–H and O–H groups in total. The molecule has 2 heterocycles. The highest BCUT2D eigenvalue weighted by molar-refractivity contribution is 5.78. The first-order chi connectivity index (χ1) is 16.3. The molecular formula is C23H26O11. The van der Waals surface area contributed by atoms with Crippen LogP contribution in [0.25, 0.3) is 0 Å². The third-order valence-electron chi connectivity index (χ3n) is 6.07. The van der Waals surface area contributed by atoms with Crippen molar-refractivity contribution in [2.75, 3.05) is 20.3 Å². The summed E-state index contributed by atoms with van der Waals surface area (Å²) >= 11 is 0. The van der Waals surface area contributed by atoms with E-state index in [2.05, 4.69) is 0 Å². The first-order valence-corrected chi connectivity index (χ1v) is 10.6. The molecule has 0 aromatic heterocycles. The van der Waals surface area contributed by atoms with Crippen LogP contribution in [0.3, 0.4) is 0 Å². The molecule has 0 aliphatic carbocycles. The van der Waals surface area contributed by atoms with Crippen molar-refractivity contribution < 1.29 is 54.4 Å². The normalized spacial score (nSPS) is 30.4. The SMILES string of the molecule is COc1cc([C@@H]2Oc3c(O)cc(C=O)cc3[C@H]2CO)ccc1O[C@@H]1O[C@H](CO)[C@@H](O)[C@H](O)[C@H]1O. The van der Waals surface area contributed by atoms with Gasteiger partial charge in [-0.15, -0.1) is 0 Å². The van der Waals surface area contributed by atoms with Gasteiger partial charge in [-0.3, -0.25) is 4.79 Å². The van der Waals surface area contributed by atoms with Gasteiger partial charge >= 0.3 is 0 Å². The number of aliphatic hydroxyl groups is 5. The summed E-state index contributed by atoms with van der Waals surface area (Å²) in [5.41, 5.74) is 1.32. The quantitative estimate of drug-likeness (QED) is 0.286. The number of phenols is 1. The fourth-order valence-corrected chi connectivity index (χ4v) is 4.24. The molecule has 2 aromatic carbocycles. The summed E-state index contributed by atoms with van der Waals surface area (Å²) in [6, 6.07) is 7.54. The average molecular weight is 478 g/mol. The highest BCUT2D eigenvalue weighted by Gasteiger charge is 2.45. The van der Waals surface area contributed by atoms with E-state index in [-0.39, 0.29) is 35.2 Å². The van der Waals surface area contributed by atoms with Crippen LogP contribution in [0.1, 0.15) is 33.5 Å². The van der Waals surface area contributed by atoms with Crippen molar-refractivity contribution >= 4 is 6.29 Å². The molecule has 11 heteroatoms. The third kappa shape index (κ3) is 4.17. The summed E-state index contributed by atoms with van der Waals surface area (Å²) in [7, 11) is 1.38. The minimum atomic E-state index is -1.60. The van der Waals surface area contributed by atoms with E-state index in [9.17, 15) is 35.4 Å². The molecule has 2 aromatic rings. The van der Waals surface area contributed by atoms with Gasteiger partial charge < -0.3 is 49.6 Å². The number of methoxy groups -OCH3 is 1. The highest BCUT2D eigenvalue weighted by atomic mass is 16.7. The van der Waals surface area contributed by atoms with Gasteiger partial charge in [0, 0.05) is 11.1 Å². The van der Waals surface area contributed by atoms with E-state index in [0.29, 0.717) is 17.4 Å². The van der Waals surface area contributed by atoms with Crippen LogP contribution in [-0.4, -0.2) is 88.0 Å². The largest absolute Gasteiger partial charge is 0.504 e. The predicted molar refractivity (Wildman–Crippen MR) is 114 cm³/mol. The molecule has 0 unspecified atom stereocenters. The van der Waals surface area contributed by atoms with Gasteiger partial charge in [0.1, 0.15) is 36.8 Å². The molecule has 34 heavy (non-hydrogen) atoms. The lowest BCUT2D eigenvalue weighted by atomic mass is 9.90. The van der Waals surface area contributed by atoms with Crippen LogP contribution in [0.15, 0.2) is 30.3 Å². The van der Waals surface area contributed by atoms with Crippen molar-refractivity contribution in [3.8, 4) is 23.0 Å². The molecule has 2 aliphatic rings. The zero-order chi connectivity index (χ0) is 24.6. The maximum Gasteiger partial charge on any atom is 0.229 e. The van der Waals surface area contributed by atoms with Crippen LogP contribution < -0.4 is 14.2 Å². The van der Waals surface area contributed by atoms with Crippen molar-refractivity contribution in [3.05, 3.63) is 47.0 Å². The molecule has 184 valence electrons. The molecule has 2 aliphatic heterocycles. The van der Waals surface area contributed by atoms with Crippen LogP contribution in [-0.2, 0) is 4.74 Å². The molecule has 4 rings (SSSR count). The molecule has 1 fully saturated rings. The minimum Gasteiger partial charge on any atom is -0.504 e. The maximum absolute atomic E-state index is 11.2. The Hall–Kier alpha value is -2.93. The maximum atomic E-state index is 11.2. The summed E-state index contributed by atoms with van der Waals surface area (Å²) < 4.78 is 22.4. The summed E-state index contributed by atoms with van der Waals surface area (Å²) in [5.74, 6) is -0.255. The lowest BCUT2D eigenvalue weighted by molar-refractivity contribution is -0.277.